The Balaban J connectivity index is 1.44. The molecule has 0 radical (unpaired) electrons. The van der Waals surface area contributed by atoms with Crippen LogP contribution in [0.25, 0.3) is 0 Å². The van der Waals surface area contributed by atoms with Crippen LogP contribution in [0.15, 0.2) is 59.1 Å². The molecular weight excluding hydrogens is 369 g/mol. The molecule has 2 aromatic carbocycles. The number of halogens is 1. The third-order valence-corrected chi connectivity index (χ3v) is 5.32. The van der Waals surface area contributed by atoms with E-state index in [1.165, 1.54) is 23.3 Å². The molecule has 1 amide bonds. The van der Waals surface area contributed by atoms with Crippen molar-refractivity contribution < 1.29 is 13.7 Å². The summed E-state index contributed by atoms with van der Waals surface area (Å²) < 4.78 is 18.2. The smallest absolute Gasteiger partial charge is 0.237 e. The molecule has 3 aromatic rings. The second-order valence-electron chi connectivity index (χ2n) is 7.49. The van der Waals surface area contributed by atoms with E-state index in [1.807, 2.05) is 25.1 Å². The lowest BCUT2D eigenvalue weighted by Gasteiger charge is -2.35. The van der Waals surface area contributed by atoms with Gasteiger partial charge in [0, 0.05) is 25.7 Å². The van der Waals surface area contributed by atoms with Crippen LogP contribution in [0.2, 0.25) is 0 Å². The Labute approximate surface area is 169 Å². The normalized spacial score (nSPS) is 16.4. The molecule has 1 aliphatic heterocycles. The molecule has 5 nitrogen and oxygen atoms in total. The topological polar surface area (TPSA) is 58.4 Å². The van der Waals surface area contributed by atoms with Crippen molar-refractivity contribution in [3.05, 3.63) is 88.6 Å². The second kappa shape index (κ2) is 8.57. The monoisotopic (exact) mass is 393 g/mol. The lowest BCUT2D eigenvalue weighted by Crippen LogP contribution is -2.50. The second-order valence-corrected chi connectivity index (χ2v) is 7.49. The molecule has 1 N–H and O–H groups in total. The van der Waals surface area contributed by atoms with Gasteiger partial charge in [0.25, 0.3) is 0 Å². The largest absolute Gasteiger partial charge is 0.361 e. The SMILES string of the molecule is Cc1cc(CN2Cc3ccccc3CC2C(=O)NCCc2ccc(F)cc2)no1. The molecule has 1 aromatic heterocycles. The summed E-state index contributed by atoms with van der Waals surface area (Å²) in [5.74, 6) is 0.511. The van der Waals surface area contributed by atoms with E-state index >= 15 is 0 Å². The van der Waals surface area contributed by atoms with Gasteiger partial charge in [-0.05, 0) is 48.6 Å². The fourth-order valence-corrected chi connectivity index (χ4v) is 3.80. The maximum Gasteiger partial charge on any atom is 0.237 e. The van der Waals surface area contributed by atoms with Gasteiger partial charge < -0.3 is 9.84 Å². The van der Waals surface area contributed by atoms with E-state index < -0.39 is 0 Å². The van der Waals surface area contributed by atoms with Gasteiger partial charge in [-0.25, -0.2) is 4.39 Å². The van der Waals surface area contributed by atoms with Gasteiger partial charge in [0.15, 0.2) is 0 Å². The van der Waals surface area contributed by atoms with E-state index in [4.69, 9.17) is 4.52 Å². The van der Waals surface area contributed by atoms with Crippen molar-refractivity contribution in [1.82, 2.24) is 15.4 Å². The van der Waals surface area contributed by atoms with E-state index in [0.29, 0.717) is 32.5 Å². The number of hydrogen-bond acceptors (Lipinski definition) is 4. The van der Waals surface area contributed by atoms with Crippen LogP contribution in [0.1, 0.15) is 28.1 Å². The minimum atomic E-state index is -0.268. The van der Waals surface area contributed by atoms with Crippen LogP contribution >= 0.6 is 0 Å². The molecule has 6 heteroatoms. The number of rotatable bonds is 6. The molecule has 2 heterocycles. The summed E-state index contributed by atoms with van der Waals surface area (Å²) in [5, 5.41) is 7.14. The maximum absolute atomic E-state index is 13.0. The van der Waals surface area contributed by atoms with Crippen molar-refractivity contribution in [3.8, 4) is 0 Å². The highest BCUT2D eigenvalue weighted by Crippen LogP contribution is 2.25. The first-order chi connectivity index (χ1) is 14.1. The van der Waals surface area contributed by atoms with Crippen molar-refractivity contribution in [2.75, 3.05) is 6.54 Å². The zero-order chi connectivity index (χ0) is 20.2. The van der Waals surface area contributed by atoms with Gasteiger partial charge in [-0.3, -0.25) is 9.69 Å². The number of carbonyl (C=O) groups is 1. The van der Waals surface area contributed by atoms with Crippen molar-refractivity contribution in [2.45, 2.75) is 38.9 Å². The third-order valence-electron chi connectivity index (χ3n) is 5.32. The molecular formula is C23H24FN3O2. The Morgan fingerprint density at radius 3 is 2.69 bits per heavy atom. The first-order valence-electron chi connectivity index (χ1n) is 9.83. The highest BCUT2D eigenvalue weighted by molar-refractivity contribution is 5.82. The summed E-state index contributed by atoms with van der Waals surface area (Å²) in [6, 6.07) is 16.3. The summed E-state index contributed by atoms with van der Waals surface area (Å²) >= 11 is 0. The zero-order valence-electron chi connectivity index (χ0n) is 16.4. The van der Waals surface area contributed by atoms with E-state index in [2.05, 4.69) is 27.5 Å². The molecule has 0 spiro atoms. The van der Waals surface area contributed by atoms with Crippen molar-refractivity contribution in [1.29, 1.82) is 0 Å². The van der Waals surface area contributed by atoms with E-state index in [0.717, 1.165) is 17.0 Å². The molecule has 0 fully saturated rings. The van der Waals surface area contributed by atoms with Crippen LogP contribution < -0.4 is 5.32 Å². The minimum absolute atomic E-state index is 0.00170. The van der Waals surface area contributed by atoms with Gasteiger partial charge in [-0.2, -0.15) is 0 Å². The maximum atomic E-state index is 13.0. The Bertz CT molecular complexity index is 984. The molecule has 1 unspecified atom stereocenters. The highest BCUT2D eigenvalue weighted by Gasteiger charge is 2.31. The molecule has 150 valence electrons. The molecule has 0 saturated carbocycles. The Kier molecular flexibility index (Phi) is 5.71. The Morgan fingerprint density at radius 1 is 1.21 bits per heavy atom. The molecule has 1 aliphatic rings. The number of hydrogen-bond donors (Lipinski definition) is 1. The fourth-order valence-electron chi connectivity index (χ4n) is 3.80. The zero-order valence-corrected chi connectivity index (χ0v) is 16.4. The molecule has 0 bridgehead atoms. The van der Waals surface area contributed by atoms with Crippen LogP contribution in [0.5, 0.6) is 0 Å². The number of fused-ring (bicyclic) bond motifs is 1. The fraction of sp³-hybridized carbons (Fsp3) is 0.304. The van der Waals surface area contributed by atoms with Gasteiger partial charge in [0.1, 0.15) is 11.6 Å². The van der Waals surface area contributed by atoms with Gasteiger partial charge in [0.05, 0.1) is 11.7 Å². The summed E-state index contributed by atoms with van der Waals surface area (Å²) in [5.41, 5.74) is 4.27. The van der Waals surface area contributed by atoms with E-state index in [9.17, 15) is 9.18 Å². The number of nitrogens with one attached hydrogen (secondary N) is 1. The lowest BCUT2D eigenvalue weighted by molar-refractivity contribution is -0.127. The van der Waals surface area contributed by atoms with Crippen LogP contribution in [0, 0.1) is 12.7 Å². The van der Waals surface area contributed by atoms with Crippen molar-refractivity contribution in [2.24, 2.45) is 0 Å². The molecule has 0 saturated heterocycles. The van der Waals surface area contributed by atoms with Gasteiger partial charge >= 0.3 is 0 Å². The summed E-state index contributed by atoms with van der Waals surface area (Å²) in [6.07, 6.45) is 1.33. The lowest BCUT2D eigenvalue weighted by atomic mass is 9.93. The van der Waals surface area contributed by atoms with Crippen LogP contribution in [-0.2, 0) is 30.7 Å². The summed E-state index contributed by atoms with van der Waals surface area (Å²) in [7, 11) is 0. The average Bonchev–Trinajstić information content (AvgIpc) is 3.13. The summed E-state index contributed by atoms with van der Waals surface area (Å²) in [4.78, 5) is 15.1. The van der Waals surface area contributed by atoms with Crippen LogP contribution in [0.4, 0.5) is 4.39 Å². The van der Waals surface area contributed by atoms with Crippen molar-refractivity contribution >= 4 is 5.91 Å². The molecule has 0 aliphatic carbocycles. The predicted molar refractivity (Wildman–Crippen MR) is 108 cm³/mol. The highest BCUT2D eigenvalue weighted by atomic mass is 19.1. The van der Waals surface area contributed by atoms with Crippen LogP contribution in [-0.4, -0.2) is 28.6 Å². The van der Waals surface area contributed by atoms with E-state index in [-0.39, 0.29) is 17.8 Å². The Morgan fingerprint density at radius 2 is 1.97 bits per heavy atom. The van der Waals surface area contributed by atoms with E-state index in [1.54, 1.807) is 12.1 Å². The summed E-state index contributed by atoms with van der Waals surface area (Å²) in [6.45, 7) is 3.63. The van der Waals surface area contributed by atoms with Gasteiger partial charge in [-0.1, -0.05) is 41.6 Å². The molecule has 1 atom stereocenters. The molecule has 29 heavy (non-hydrogen) atoms. The number of aryl methyl sites for hydroxylation is 1. The van der Waals surface area contributed by atoms with Gasteiger partial charge in [-0.15, -0.1) is 0 Å². The van der Waals surface area contributed by atoms with Gasteiger partial charge in [0.2, 0.25) is 5.91 Å². The number of benzene rings is 2. The standard InChI is InChI=1S/C23H24FN3O2/c1-16-12-21(26-29-16)15-27-14-19-5-3-2-4-18(19)13-22(27)23(28)25-11-10-17-6-8-20(24)9-7-17/h2-9,12,22H,10-11,13-15H2,1H3,(H,25,28). The first-order valence-corrected chi connectivity index (χ1v) is 9.83. The quantitative estimate of drug-likeness (QED) is 0.697. The number of amides is 1. The molecule has 4 rings (SSSR count). The number of nitrogens with zero attached hydrogens (tertiary/aromatic N) is 2. The third kappa shape index (κ3) is 4.71. The number of aromatic nitrogens is 1. The van der Waals surface area contributed by atoms with Crippen LogP contribution in [0.3, 0.4) is 0 Å². The minimum Gasteiger partial charge on any atom is -0.361 e. The Hall–Kier alpha value is -2.99. The first kappa shape index (κ1) is 19.3. The average molecular weight is 393 g/mol. The number of carbonyl (C=O) groups excluding carboxylic acids is 1. The predicted octanol–water partition coefficient (Wildman–Crippen LogP) is 3.41. The van der Waals surface area contributed by atoms with Crippen molar-refractivity contribution in [3.63, 3.8) is 0 Å².